The monoisotopic (exact) mass is 838 g/mol. The SMILES string of the molecule is [Pt].[c-]1c(Oc2[c-]c3c(cc2)c2ccccc2n3-c2cc3oc4ccccc4c3cn2)cccc1N1[CH-]N(c2ccccc2)C=C1c1ccccc1. The van der Waals surface area contributed by atoms with Gasteiger partial charge in [-0.1, -0.05) is 90.4 Å². The standard InChI is InChI=1S/C44H27N4O2.Pt/c1-3-12-30(13-4-1)41-28-46(31-14-5-2-6-15-31)29-47(41)32-16-11-17-33(24-32)49-34-22-23-36-35-18-7-9-20-39(35)48(40(36)25-34)44-26-43-38(27-45-44)37-19-8-10-21-42(37)50-43;/h1-23,26-29H;/q-3;. The molecule has 0 N–H and O–H groups in total. The number of hydrogen-bond acceptors (Lipinski definition) is 5. The van der Waals surface area contributed by atoms with Gasteiger partial charge in [0.05, 0.1) is 0 Å². The van der Waals surface area contributed by atoms with Crippen molar-refractivity contribution in [3.8, 4) is 17.3 Å². The molecule has 9 aromatic rings. The molecule has 0 saturated heterocycles. The maximum absolute atomic E-state index is 6.50. The van der Waals surface area contributed by atoms with Gasteiger partial charge in [0.15, 0.2) is 0 Å². The van der Waals surface area contributed by atoms with E-state index >= 15 is 0 Å². The summed E-state index contributed by atoms with van der Waals surface area (Å²) in [5.74, 6) is 1.91. The van der Waals surface area contributed by atoms with Crippen LogP contribution in [0.1, 0.15) is 5.56 Å². The van der Waals surface area contributed by atoms with Crippen LogP contribution < -0.4 is 14.5 Å². The summed E-state index contributed by atoms with van der Waals surface area (Å²) in [5.41, 5.74) is 7.59. The first-order chi connectivity index (χ1) is 24.8. The van der Waals surface area contributed by atoms with E-state index in [2.05, 4.69) is 106 Å². The van der Waals surface area contributed by atoms with Crippen LogP contribution in [0.3, 0.4) is 0 Å². The first-order valence-electron chi connectivity index (χ1n) is 16.5. The summed E-state index contributed by atoms with van der Waals surface area (Å²) in [6.07, 6.45) is 4.04. The first-order valence-corrected chi connectivity index (χ1v) is 16.5. The van der Waals surface area contributed by atoms with E-state index in [4.69, 9.17) is 14.1 Å². The summed E-state index contributed by atoms with van der Waals surface area (Å²) in [7, 11) is 0. The van der Waals surface area contributed by atoms with Crippen LogP contribution in [-0.2, 0) is 21.1 Å². The van der Waals surface area contributed by atoms with Crippen molar-refractivity contribution < 1.29 is 30.2 Å². The molecule has 6 aromatic carbocycles. The zero-order valence-corrected chi connectivity index (χ0v) is 29.3. The van der Waals surface area contributed by atoms with Gasteiger partial charge in [0.1, 0.15) is 17.0 Å². The van der Waals surface area contributed by atoms with Gasteiger partial charge in [-0.3, -0.25) is 0 Å². The molecule has 248 valence electrons. The summed E-state index contributed by atoms with van der Waals surface area (Å²) in [6, 6.07) is 56.1. The second kappa shape index (κ2) is 12.7. The minimum atomic E-state index is 0. The van der Waals surface area contributed by atoms with Crippen LogP contribution in [-0.4, -0.2) is 9.55 Å². The smallest absolute Gasteiger partial charge is 0.140 e. The average Bonchev–Trinajstić information content (AvgIpc) is 3.88. The number of hydrogen-bond donors (Lipinski definition) is 0. The predicted octanol–water partition coefficient (Wildman–Crippen LogP) is 10.9. The molecule has 1 aliphatic rings. The minimum absolute atomic E-state index is 0. The molecule has 6 nitrogen and oxygen atoms in total. The van der Waals surface area contributed by atoms with Crippen molar-refractivity contribution in [2.24, 2.45) is 0 Å². The number of benzene rings is 6. The van der Waals surface area contributed by atoms with Gasteiger partial charge >= 0.3 is 0 Å². The second-order valence-electron chi connectivity index (χ2n) is 12.2. The third-order valence-corrected chi connectivity index (χ3v) is 9.15. The first kappa shape index (κ1) is 30.9. The summed E-state index contributed by atoms with van der Waals surface area (Å²) in [5, 5.41) is 4.21. The van der Waals surface area contributed by atoms with Gasteiger partial charge in [0, 0.05) is 72.5 Å². The van der Waals surface area contributed by atoms with Crippen molar-refractivity contribution in [3.05, 3.63) is 182 Å². The molecule has 0 unspecified atom stereocenters. The van der Waals surface area contributed by atoms with Crippen molar-refractivity contribution in [2.45, 2.75) is 0 Å². The number of nitrogens with zero attached hydrogens (tertiary/aromatic N) is 4. The van der Waals surface area contributed by atoms with E-state index in [0.717, 1.165) is 72.2 Å². The van der Waals surface area contributed by atoms with Crippen molar-refractivity contribution in [2.75, 3.05) is 9.80 Å². The van der Waals surface area contributed by atoms with Crippen LogP contribution in [0.5, 0.6) is 11.5 Å². The number of para-hydroxylation sites is 3. The number of ether oxygens (including phenoxy) is 1. The fraction of sp³-hybridized carbons (Fsp3) is 0. The molecule has 1 aliphatic heterocycles. The second-order valence-corrected chi connectivity index (χ2v) is 12.2. The van der Waals surface area contributed by atoms with E-state index in [0.29, 0.717) is 11.5 Å². The third kappa shape index (κ3) is 5.36. The Bertz CT molecular complexity index is 2740. The summed E-state index contributed by atoms with van der Waals surface area (Å²) >= 11 is 0. The van der Waals surface area contributed by atoms with Crippen LogP contribution >= 0.6 is 0 Å². The zero-order chi connectivity index (χ0) is 33.0. The number of furan rings is 1. The molecular weight excluding hydrogens is 812 g/mol. The number of pyridine rings is 1. The van der Waals surface area contributed by atoms with Crippen molar-refractivity contribution in [1.29, 1.82) is 0 Å². The number of fused-ring (bicyclic) bond motifs is 6. The quantitative estimate of drug-likeness (QED) is 0.156. The van der Waals surface area contributed by atoms with Crippen LogP contribution in [0, 0.1) is 18.8 Å². The molecule has 0 bridgehead atoms. The summed E-state index contributed by atoms with van der Waals surface area (Å²) in [6.45, 7) is 2.08. The molecule has 0 aliphatic carbocycles. The largest absolute Gasteiger partial charge is 0.509 e. The Morgan fingerprint density at radius 2 is 1.37 bits per heavy atom. The molecule has 10 rings (SSSR count). The molecule has 0 fully saturated rings. The van der Waals surface area contributed by atoms with Crippen LogP contribution in [0.2, 0.25) is 0 Å². The van der Waals surface area contributed by atoms with E-state index in [1.165, 1.54) is 0 Å². The fourth-order valence-corrected chi connectivity index (χ4v) is 6.83. The third-order valence-electron chi connectivity index (χ3n) is 9.15. The van der Waals surface area contributed by atoms with Crippen molar-refractivity contribution in [3.63, 3.8) is 0 Å². The van der Waals surface area contributed by atoms with E-state index in [9.17, 15) is 0 Å². The van der Waals surface area contributed by atoms with E-state index in [1.807, 2.05) is 85.1 Å². The number of anilines is 2. The van der Waals surface area contributed by atoms with Gasteiger partial charge in [0.2, 0.25) is 0 Å². The van der Waals surface area contributed by atoms with Gasteiger partial charge in [-0.25, -0.2) is 4.98 Å². The Balaban J connectivity index is 0.00000348. The maximum Gasteiger partial charge on any atom is 0.140 e. The Morgan fingerprint density at radius 1 is 0.627 bits per heavy atom. The molecule has 0 saturated carbocycles. The van der Waals surface area contributed by atoms with Crippen molar-refractivity contribution >= 4 is 60.8 Å². The Morgan fingerprint density at radius 3 is 2.24 bits per heavy atom. The molecule has 0 spiro atoms. The molecule has 51 heavy (non-hydrogen) atoms. The van der Waals surface area contributed by atoms with Crippen molar-refractivity contribution in [1.82, 2.24) is 9.55 Å². The molecular formula is C44H27N4O2Pt-3. The van der Waals surface area contributed by atoms with Gasteiger partial charge in [0.25, 0.3) is 0 Å². The fourth-order valence-electron chi connectivity index (χ4n) is 6.83. The van der Waals surface area contributed by atoms with Crippen LogP contribution in [0.25, 0.3) is 55.3 Å². The Labute approximate surface area is 308 Å². The molecule has 7 heteroatoms. The predicted molar refractivity (Wildman–Crippen MR) is 200 cm³/mol. The van der Waals surface area contributed by atoms with Gasteiger partial charge in [-0.05, 0) is 41.4 Å². The molecule has 0 radical (unpaired) electrons. The van der Waals surface area contributed by atoms with E-state index in [1.54, 1.807) is 0 Å². The molecule has 3 aromatic heterocycles. The van der Waals surface area contributed by atoms with E-state index in [-0.39, 0.29) is 21.1 Å². The maximum atomic E-state index is 6.50. The normalized spacial score (nSPS) is 12.9. The van der Waals surface area contributed by atoms with Gasteiger partial charge in [-0.2, -0.15) is 12.1 Å². The molecule has 0 amide bonds. The molecule has 0 atom stereocenters. The number of rotatable bonds is 6. The average molecular weight is 839 g/mol. The van der Waals surface area contributed by atoms with Crippen LogP contribution in [0.4, 0.5) is 11.4 Å². The zero-order valence-electron chi connectivity index (χ0n) is 27.0. The topological polar surface area (TPSA) is 46.7 Å². The summed E-state index contributed by atoms with van der Waals surface area (Å²) < 4.78 is 14.9. The summed E-state index contributed by atoms with van der Waals surface area (Å²) in [4.78, 5) is 9.18. The minimum Gasteiger partial charge on any atom is -0.509 e. The Hall–Kier alpha value is -6.10. The number of aromatic nitrogens is 2. The van der Waals surface area contributed by atoms with Gasteiger partial charge < -0.3 is 23.5 Å². The molecule has 4 heterocycles. The van der Waals surface area contributed by atoms with Crippen LogP contribution in [0.15, 0.2) is 162 Å². The Kier molecular flexibility index (Phi) is 7.67. The van der Waals surface area contributed by atoms with Gasteiger partial charge in [-0.15, -0.1) is 48.1 Å². The van der Waals surface area contributed by atoms with E-state index < -0.39 is 0 Å².